The maximum atomic E-state index is 9.95. The van der Waals surface area contributed by atoms with Crippen LogP contribution in [0.5, 0.6) is 0 Å². The van der Waals surface area contributed by atoms with Crippen molar-refractivity contribution in [2.75, 3.05) is 7.05 Å². The van der Waals surface area contributed by atoms with Gasteiger partial charge in [-0.15, -0.1) is 0 Å². The first-order valence-electron chi connectivity index (χ1n) is 10.6. The largest absolute Gasteiger partial charge is 0.367 e. The van der Waals surface area contributed by atoms with Crippen LogP contribution < -0.4 is 22.9 Å². The lowest BCUT2D eigenvalue weighted by molar-refractivity contribution is -0.128. The van der Waals surface area contributed by atoms with Gasteiger partial charge in [-0.1, -0.05) is 128 Å². The number of hydrogen-bond donors (Lipinski definition) is 4. The van der Waals surface area contributed by atoms with Crippen LogP contribution in [0, 0.1) is 0 Å². The van der Waals surface area contributed by atoms with Crippen molar-refractivity contribution < 1.29 is 9.63 Å². The number of carbonyl (C=O) groups excluding carboxylic acids is 1. The van der Waals surface area contributed by atoms with Crippen LogP contribution in [0.2, 0.25) is 0 Å². The molecule has 2 aromatic rings. The minimum atomic E-state index is -0.681. The minimum absolute atomic E-state index is 0.553. The average molecular weight is 427 g/mol. The SMILES string of the molecule is CC.CC.CC.CC.CC(ON)C(N)=O.CNN.c1ccccc1.c1ccccc1. The molecule has 6 nitrogen and oxygen atoms in total. The zero-order valence-corrected chi connectivity index (χ0v) is 21.1. The molecule has 1 unspecified atom stereocenters. The van der Waals surface area contributed by atoms with E-state index >= 15 is 0 Å². The first-order valence-corrected chi connectivity index (χ1v) is 10.6. The third-order valence-corrected chi connectivity index (χ3v) is 1.94. The standard InChI is InChI=1S/2C6H6.C3H8N2O2.4C2H6.CH6N2/c2*1-2-4-6-5-3-1;1-2(7-5)3(4)6;4*1-2;1-3-2/h2*1-6H;2H,5H2,1H3,(H2,4,6);4*1-2H3;3H,2H2,1H3. The summed E-state index contributed by atoms with van der Waals surface area (Å²) in [5.41, 5.74) is 6.95. The molecule has 0 radical (unpaired) electrons. The van der Waals surface area contributed by atoms with Crippen LogP contribution in [0.15, 0.2) is 72.8 Å². The van der Waals surface area contributed by atoms with Crippen LogP contribution in [0.25, 0.3) is 0 Å². The van der Waals surface area contributed by atoms with Gasteiger partial charge >= 0.3 is 0 Å². The highest BCUT2D eigenvalue weighted by Crippen LogP contribution is 1.80. The summed E-state index contributed by atoms with van der Waals surface area (Å²) >= 11 is 0. The lowest BCUT2D eigenvalue weighted by atomic mass is 10.4. The maximum Gasteiger partial charge on any atom is 0.248 e. The highest BCUT2D eigenvalue weighted by Gasteiger charge is 2.04. The van der Waals surface area contributed by atoms with Gasteiger partial charge in [-0.2, -0.15) is 0 Å². The Morgan fingerprint density at radius 3 is 0.833 bits per heavy atom. The van der Waals surface area contributed by atoms with Gasteiger partial charge in [0.05, 0.1) is 0 Å². The molecule has 2 aromatic carbocycles. The number of hydrazine groups is 1. The normalized spacial score (nSPS) is 7.73. The van der Waals surface area contributed by atoms with Crippen molar-refractivity contribution >= 4 is 5.91 Å². The average Bonchev–Trinajstić information content (AvgIpc) is 2.87. The summed E-state index contributed by atoms with van der Waals surface area (Å²) in [6.45, 7) is 17.5. The number of carbonyl (C=O) groups is 1. The van der Waals surface area contributed by atoms with Crippen LogP contribution in [-0.4, -0.2) is 19.1 Å². The summed E-state index contributed by atoms with van der Waals surface area (Å²) in [5, 5.41) is 0. The van der Waals surface area contributed by atoms with Gasteiger partial charge in [-0.3, -0.25) is 20.9 Å². The number of amides is 1. The highest BCUT2D eigenvalue weighted by atomic mass is 16.6. The molecule has 0 aromatic heterocycles. The smallest absolute Gasteiger partial charge is 0.248 e. The van der Waals surface area contributed by atoms with Crippen LogP contribution >= 0.6 is 0 Å². The van der Waals surface area contributed by atoms with Gasteiger partial charge in [-0.05, 0) is 14.0 Å². The quantitative estimate of drug-likeness (QED) is 0.383. The predicted molar refractivity (Wildman–Crippen MR) is 135 cm³/mol. The molecule has 2 rings (SSSR count). The van der Waals surface area contributed by atoms with E-state index in [0.29, 0.717) is 0 Å². The summed E-state index contributed by atoms with van der Waals surface area (Å²) in [7, 11) is 1.65. The van der Waals surface area contributed by atoms with Crippen molar-refractivity contribution in [3.05, 3.63) is 72.8 Å². The van der Waals surface area contributed by atoms with E-state index in [-0.39, 0.29) is 0 Å². The lowest BCUT2D eigenvalue weighted by Crippen LogP contribution is -2.30. The zero-order chi connectivity index (χ0) is 25.1. The van der Waals surface area contributed by atoms with E-state index in [1.807, 2.05) is 128 Å². The molecule has 1 amide bonds. The summed E-state index contributed by atoms with van der Waals surface area (Å²) in [6, 6.07) is 24.0. The van der Waals surface area contributed by atoms with Crippen LogP contribution in [0.4, 0.5) is 0 Å². The lowest BCUT2D eigenvalue weighted by Gasteiger charge is -1.99. The molecule has 0 aliphatic heterocycles. The van der Waals surface area contributed by atoms with E-state index in [1.165, 1.54) is 6.92 Å². The molecule has 0 aliphatic carbocycles. The predicted octanol–water partition coefficient (Wildman–Crippen LogP) is 5.31. The highest BCUT2D eigenvalue weighted by molar-refractivity contribution is 5.78. The number of nitrogens with two attached hydrogens (primary N) is 3. The summed E-state index contributed by atoms with van der Waals surface area (Å²) in [5.74, 6) is 8.62. The molecule has 0 saturated carbocycles. The van der Waals surface area contributed by atoms with E-state index in [2.05, 4.69) is 22.0 Å². The van der Waals surface area contributed by atoms with Crippen molar-refractivity contribution in [1.82, 2.24) is 5.43 Å². The fourth-order valence-electron chi connectivity index (χ4n) is 0.837. The second kappa shape index (κ2) is 56.3. The summed E-state index contributed by atoms with van der Waals surface area (Å²) in [6.07, 6.45) is -0.681. The Morgan fingerprint density at radius 1 is 0.667 bits per heavy atom. The van der Waals surface area contributed by atoms with Crippen molar-refractivity contribution in [3.8, 4) is 0 Å². The van der Waals surface area contributed by atoms with Gasteiger partial charge in [0.1, 0.15) is 0 Å². The van der Waals surface area contributed by atoms with Crippen LogP contribution in [0.1, 0.15) is 62.3 Å². The monoisotopic (exact) mass is 426 g/mol. The third-order valence-electron chi connectivity index (χ3n) is 1.94. The second-order valence-corrected chi connectivity index (χ2v) is 3.78. The van der Waals surface area contributed by atoms with Gasteiger partial charge in [0.15, 0.2) is 6.10 Å². The van der Waals surface area contributed by atoms with Gasteiger partial charge in [0.25, 0.3) is 0 Å². The Kier molecular flexibility index (Phi) is 78.8. The van der Waals surface area contributed by atoms with E-state index in [0.717, 1.165) is 0 Å². The first kappa shape index (κ1) is 42.0. The van der Waals surface area contributed by atoms with E-state index in [1.54, 1.807) is 7.05 Å². The molecule has 0 aliphatic rings. The first-order chi connectivity index (χ1) is 14.6. The summed E-state index contributed by atoms with van der Waals surface area (Å²) in [4.78, 5) is 14.0. The molecule has 0 bridgehead atoms. The number of nitrogens with one attached hydrogen (secondary N) is 1. The Bertz CT molecular complexity index is 345. The number of rotatable bonds is 2. The number of hydrogen-bond acceptors (Lipinski definition) is 5. The van der Waals surface area contributed by atoms with Crippen molar-refractivity contribution in [2.45, 2.75) is 68.4 Å². The molecule has 6 heteroatoms. The second-order valence-electron chi connectivity index (χ2n) is 3.78. The van der Waals surface area contributed by atoms with E-state index in [4.69, 9.17) is 5.73 Å². The van der Waals surface area contributed by atoms with Gasteiger partial charge in [-0.25, -0.2) is 5.90 Å². The molecule has 30 heavy (non-hydrogen) atoms. The topological polar surface area (TPSA) is 116 Å². The minimum Gasteiger partial charge on any atom is -0.367 e. The molecule has 7 N–H and O–H groups in total. The van der Waals surface area contributed by atoms with Gasteiger partial charge in [0, 0.05) is 0 Å². The molecule has 0 fully saturated rings. The molecule has 1 atom stereocenters. The van der Waals surface area contributed by atoms with Crippen molar-refractivity contribution in [3.63, 3.8) is 0 Å². The Labute approximate surface area is 187 Å². The van der Waals surface area contributed by atoms with E-state index in [9.17, 15) is 4.79 Å². The third kappa shape index (κ3) is 63.6. The Hall–Kier alpha value is -2.25. The molecular weight excluding hydrogens is 376 g/mol. The number of benzene rings is 2. The fraction of sp³-hybridized carbons (Fsp3) is 0.458. The van der Waals surface area contributed by atoms with Crippen molar-refractivity contribution in [1.29, 1.82) is 0 Å². The van der Waals surface area contributed by atoms with Crippen LogP contribution in [-0.2, 0) is 9.63 Å². The van der Waals surface area contributed by atoms with E-state index < -0.39 is 12.0 Å². The maximum absolute atomic E-state index is 9.95. The number of primary amides is 1. The summed E-state index contributed by atoms with van der Waals surface area (Å²) < 4.78 is 0. The van der Waals surface area contributed by atoms with Crippen LogP contribution in [0.3, 0.4) is 0 Å². The Balaban J connectivity index is -0.0000000587. The molecule has 0 spiro atoms. The zero-order valence-electron chi connectivity index (χ0n) is 21.1. The van der Waals surface area contributed by atoms with Crippen molar-refractivity contribution in [2.24, 2.45) is 17.5 Å². The molecule has 178 valence electrons. The molecule has 0 saturated heterocycles. The Morgan fingerprint density at radius 2 is 0.800 bits per heavy atom. The van der Waals surface area contributed by atoms with Gasteiger partial charge in [0.2, 0.25) is 5.91 Å². The fourth-order valence-corrected chi connectivity index (χ4v) is 0.837. The van der Waals surface area contributed by atoms with Gasteiger partial charge < -0.3 is 5.73 Å². The molecule has 0 heterocycles. The molecular formula is C24H50N4O2.